The number of benzene rings is 8. The molecule has 11 rings (SSSR count). The summed E-state index contributed by atoms with van der Waals surface area (Å²) in [5.74, 6) is 0. The Labute approximate surface area is 341 Å². The summed E-state index contributed by atoms with van der Waals surface area (Å²) in [5, 5.41) is 15.3. The third-order valence-electron chi connectivity index (χ3n) is 11.7. The Kier molecular flexibility index (Phi) is 8.09. The third kappa shape index (κ3) is 5.49. The fourth-order valence-corrected chi connectivity index (χ4v) is 9.04. The van der Waals surface area contributed by atoms with E-state index in [4.69, 9.17) is 9.41 Å². The van der Waals surface area contributed by atoms with Gasteiger partial charge in [0.2, 0.25) is 0 Å². The maximum absolute atomic E-state index is 11.0. The highest BCUT2D eigenvalue weighted by Crippen LogP contribution is 2.48. The number of nitrogens with zero attached hydrogens (tertiary/aromatic N) is 4. The molecule has 278 valence electrons. The number of nitriles is 1. The van der Waals surface area contributed by atoms with Crippen molar-refractivity contribution in [1.29, 1.82) is 5.26 Å². The quantitative estimate of drug-likeness (QED) is 0.170. The molecule has 2 aromatic heterocycles. The molecule has 0 amide bonds. The van der Waals surface area contributed by atoms with Crippen LogP contribution < -0.4 is 0 Å². The summed E-state index contributed by atoms with van der Waals surface area (Å²) in [6.45, 7) is 0. The summed E-state index contributed by atoms with van der Waals surface area (Å²) in [6, 6.07) is 70.1. The van der Waals surface area contributed by atoms with Gasteiger partial charge in [0.25, 0.3) is 0 Å². The lowest BCUT2D eigenvalue weighted by Gasteiger charge is -2.37. The number of aliphatic imine (C=N–C) groups is 1. The Morgan fingerprint density at radius 1 is 0.542 bits per heavy atom. The normalized spacial score (nSPS) is 14.3. The summed E-state index contributed by atoms with van der Waals surface area (Å²) in [4.78, 5) is 7.83. The van der Waals surface area contributed by atoms with Crippen molar-refractivity contribution < 1.29 is 4.42 Å². The minimum Gasteiger partial charge on any atom is -0.455 e. The predicted molar refractivity (Wildman–Crippen MR) is 241 cm³/mol. The van der Waals surface area contributed by atoms with Crippen molar-refractivity contribution in [1.82, 2.24) is 9.47 Å². The number of allylic oxidation sites excluding steroid dienone is 1. The van der Waals surface area contributed by atoms with Gasteiger partial charge >= 0.3 is 0 Å². The minimum atomic E-state index is -0.537. The number of aromatic nitrogens is 1. The maximum atomic E-state index is 11.0. The van der Waals surface area contributed by atoms with E-state index >= 15 is 0 Å². The van der Waals surface area contributed by atoms with Crippen LogP contribution in [0.4, 0.5) is 0 Å². The monoisotopic (exact) mass is 756 g/mol. The molecule has 1 aliphatic heterocycles. The highest BCUT2D eigenvalue weighted by Gasteiger charge is 2.34. The summed E-state index contributed by atoms with van der Waals surface area (Å²) < 4.78 is 9.17. The van der Waals surface area contributed by atoms with Crippen LogP contribution in [-0.2, 0) is 0 Å². The summed E-state index contributed by atoms with van der Waals surface area (Å²) >= 11 is 0. The Morgan fingerprint density at radius 2 is 1.14 bits per heavy atom. The van der Waals surface area contributed by atoms with Crippen molar-refractivity contribution in [2.75, 3.05) is 7.05 Å². The van der Waals surface area contributed by atoms with Gasteiger partial charge in [-0.15, -0.1) is 0 Å². The summed E-state index contributed by atoms with van der Waals surface area (Å²) in [6.07, 6.45) is -0.537. The van der Waals surface area contributed by atoms with E-state index in [1.165, 1.54) is 0 Å². The van der Waals surface area contributed by atoms with Gasteiger partial charge in [-0.25, -0.2) is 0 Å². The van der Waals surface area contributed by atoms with Crippen molar-refractivity contribution in [2.45, 2.75) is 6.17 Å². The van der Waals surface area contributed by atoms with Gasteiger partial charge in [0.05, 0.1) is 33.5 Å². The SMILES string of the molecule is CN1C(c2ccccc2)=C(C#N)C(c2ccccc2)=NC1c1cc(-c2ccccc2)cc(-c2ccccc2)c1-n1c2ccccc2c2c3oc4ccccc4c3ccc21. The second-order valence-electron chi connectivity index (χ2n) is 15.0. The summed E-state index contributed by atoms with van der Waals surface area (Å²) in [5.41, 5.74) is 14.0. The Bertz CT molecular complexity index is 3340. The molecule has 0 saturated carbocycles. The molecule has 0 spiro atoms. The lowest BCUT2D eigenvalue weighted by atomic mass is 9.90. The highest BCUT2D eigenvalue weighted by atomic mass is 16.3. The smallest absolute Gasteiger partial charge is 0.149 e. The van der Waals surface area contributed by atoms with Crippen LogP contribution in [0.5, 0.6) is 0 Å². The Balaban J connectivity index is 1.30. The minimum absolute atomic E-state index is 0.536. The lowest BCUT2D eigenvalue weighted by molar-refractivity contribution is 0.362. The van der Waals surface area contributed by atoms with Gasteiger partial charge in [0, 0.05) is 39.9 Å². The van der Waals surface area contributed by atoms with E-state index in [2.05, 4.69) is 156 Å². The van der Waals surface area contributed by atoms with Crippen molar-refractivity contribution >= 4 is 55.2 Å². The van der Waals surface area contributed by atoms with Crippen LogP contribution in [0, 0.1) is 11.3 Å². The van der Waals surface area contributed by atoms with Crippen LogP contribution in [0.1, 0.15) is 22.9 Å². The molecule has 0 radical (unpaired) electrons. The van der Waals surface area contributed by atoms with E-state index in [9.17, 15) is 5.26 Å². The molecule has 5 heteroatoms. The van der Waals surface area contributed by atoms with Crippen molar-refractivity contribution in [3.8, 4) is 34.0 Å². The first-order valence-electron chi connectivity index (χ1n) is 19.9. The standard InChI is InChI=1S/C54H36N4O/c1-57-51(38-24-12-5-13-25-38)45(34-55)50(37-22-10-4-11-23-37)56-54(57)44-33-39(35-18-6-2-7-19-35)32-43(36-20-8-3-9-21-36)52(44)58-46-28-16-14-27-42(46)49-47(58)31-30-41-40-26-15-17-29-48(40)59-53(41)49/h2-33,54H,1H3. The number of rotatable bonds is 6. The second-order valence-corrected chi connectivity index (χ2v) is 15.0. The van der Waals surface area contributed by atoms with Crippen molar-refractivity contribution in [3.63, 3.8) is 0 Å². The topological polar surface area (TPSA) is 57.5 Å². The van der Waals surface area contributed by atoms with Crippen LogP contribution in [0.25, 0.3) is 77.4 Å². The van der Waals surface area contributed by atoms with E-state index in [1.807, 2.05) is 60.7 Å². The molecule has 10 aromatic rings. The predicted octanol–water partition coefficient (Wildman–Crippen LogP) is 13.4. The Morgan fingerprint density at radius 3 is 1.83 bits per heavy atom. The highest BCUT2D eigenvalue weighted by molar-refractivity contribution is 6.24. The van der Waals surface area contributed by atoms with Crippen LogP contribution in [0.15, 0.2) is 209 Å². The number of para-hydroxylation sites is 2. The first-order valence-corrected chi connectivity index (χ1v) is 19.9. The molecule has 3 heterocycles. The Hall–Kier alpha value is -7.94. The van der Waals surface area contributed by atoms with Gasteiger partial charge in [-0.05, 0) is 58.7 Å². The lowest BCUT2D eigenvalue weighted by Crippen LogP contribution is -2.31. The van der Waals surface area contributed by atoms with Crippen molar-refractivity contribution in [3.05, 3.63) is 216 Å². The van der Waals surface area contributed by atoms with Gasteiger partial charge in [-0.1, -0.05) is 158 Å². The zero-order chi connectivity index (χ0) is 39.5. The number of hydrogen-bond acceptors (Lipinski definition) is 4. The van der Waals surface area contributed by atoms with Gasteiger partial charge < -0.3 is 13.9 Å². The summed E-state index contributed by atoms with van der Waals surface area (Å²) in [7, 11) is 2.07. The molecule has 5 nitrogen and oxygen atoms in total. The van der Waals surface area contributed by atoms with Gasteiger partial charge in [-0.3, -0.25) is 4.99 Å². The fraction of sp³-hybridized carbons (Fsp3) is 0.0370. The van der Waals surface area contributed by atoms with E-state index in [0.29, 0.717) is 11.3 Å². The molecule has 0 saturated heterocycles. The van der Waals surface area contributed by atoms with E-state index in [0.717, 1.165) is 94.1 Å². The third-order valence-corrected chi connectivity index (χ3v) is 11.7. The van der Waals surface area contributed by atoms with E-state index in [1.54, 1.807) is 0 Å². The van der Waals surface area contributed by atoms with E-state index < -0.39 is 6.17 Å². The molecule has 0 fully saturated rings. The second kappa shape index (κ2) is 13.9. The zero-order valence-electron chi connectivity index (χ0n) is 32.2. The van der Waals surface area contributed by atoms with E-state index in [-0.39, 0.29) is 0 Å². The molecule has 0 aliphatic carbocycles. The van der Waals surface area contributed by atoms with Crippen molar-refractivity contribution in [2.24, 2.45) is 4.99 Å². The molecule has 0 N–H and O–H groups in total. The van der Waals surface area contributed by atoms with Crippen LogP contribution in [-0.4, -0.2) is 22.2 Å². The molecule has 8 aromatic carbocycles. The number of hydrogen-bond donors (Lipinski definition) is 0. The average molecular weight is 757 g/mol. The van der Waals surface area contributed by atoms with Crippen LogP contribution >= 0.6 is 0 Å². The van der Waals surface area contributed by atoms with Crippen LogP contribution in [0.3, 0.4) is 0 Å². The van der Waals surface area contributed by atoms with Gasteiger partial charge in [-0.2, -0.15) is 5.26 Å². The molecule has 1 aliphatic rings. The van der Waals surface area contributed by atoms with Crippen LogP contribution in [0.2, 0.25) is 0 Å². The molecule has 0 bridgehead atoms. The van der Waals surface area contributed by atoms with Gasteiger partial charge in [0.15, 0.2) is 0 Å². The fourth-order valence-electron chi connectivity index (χ4n) is 9.04. The largest absolute Gasteiger partial charge is 0.455 e. The average Bonchev–Trinajstić information content (AvgIpc) is 3.85. The number of furan rings is 1. The molecular weight excluding hydrogens is 721 g/mol. The molecule has 1 unspecified atom stereocenters. The number of fused-ring (bicyclic) bond motifs is 7. The molecule has 1 atom stereocenters. The molecular formula is C54H36N4O. The zero-order valence-corrected chi connectivity index (χ0v) is 32.2. The first-order chi connectivity index (χ1) is 29.2. The first kappa shape index (κ1) is 34.3. The maximum Gasteiger partial charge on any atom is 0.149 e. The molecule has 59 heavy (non-hydrogen) atoms. The van der Waals surface area contributed by atoms with Gasteiger partial charge in [0.1, 0.15) is 29.0 Å².